The van der Waals surface area contributed by atoms with Gasteiger partial charge in [0.05, 0.1) is 6.04 Å². The van der Waals surface area contributed by atoms with E-state index in [2.05, 4.69) is 30.7 Å². The molecule has 1 amide bonds. The molecule has 0 aliphatic carbocycles. The number of aryl methyl sites for hydroxylation is 1. The molecule has 21 heavy (non-hydrogen) atoms. The van der Waals surface area contributed by atoms with Crippen LogP contribution in [0.3, 0.4) is 0 Å². The molecule has 7 heteroatoms. The Morgan fingerprint density at radius 1 is 1.29 bits per heavy atom. The summed E-state index contributed by atoms with van der Waals surface area (Å²) in [6.45, 7) is 2.35. The highest BCUT2D eigenvalue weighted by Gasteiger charge is 2.17. The van der Waals surface area contributed by atoms with Crippen LogP contribution in [0.25, 0.3) is 0 Å². The van der Waals surface area contributed by atoms with Crippen molar-refractivity contribution in [2.24, 2.45) is 5.73 Å². The first kappa shape index (κ1) is 18.0. The first-order chi connectivity index (χ1) is 9.93. The van der Waals surface area contributed by atoms with E-state index in [0.717, 1.165) is 6.42 Å². The number of ether oxygens (including phenoxy) is 1. The van der Waals surface area contributed by atoms with Crippen LogP contribution in [-0.2, 0) is 11.2 Å². The fourth-order valence-corrected chi connectivity index (χ4v) is 2.15. The number of hydrogen-bond donors (Lipinski definition) is 2. The van der Waals surface area contributed by atoms with Gasteiger partial charge in [0.2, 0.25) is 0 Å². The van der Waals surface area contributed by atoms with Crippen LogP contribution < -0.4 is 15.8 Å². The first-order valence-corrected chi connectivity index (χ1v) is 8.12. The van der Waals surface area contributed by atoms with Crippen LogP contribution in [-0.4, -0.2) is 29.9 Å². The predicted octanol–water partition coefficient (Wildman–Crippen LogP) is 1.70. The number of nitrogens with one attached hydrogen (secondary N) is 1. The third-order valence-corrected chi connectivity index (χ3v) is 3.62. The van der Waals surface area contributed by atoms with Crippen LogP contribution in [0.4, 0.5) is 4.79 Å². The van der Waals surface area contributed by atoms with E-state index in [1.165, 1.54) is 5.56 Å². The summed E-state index contributed by atoms with van der Waals surface area (Å²) in [6.07, 6.45) is 0.763. The second-order valence-electron chi connectivity index (χ2n) is 4.64. The molecule has 0 bridgehead atoms. The van der Waals surface area contributed by atoms with E-state index < -0.39 is 12.1 Å². The molecule has 0 radical (unpaired) electrons. The summed E-state index contributed by atoms with van der Waals surface area (Å²) in [4.78, 5) is 23.1. The minimum atomic E-state index is -0.589. The van der Waals surface area contributed by atoms with Crippen molar-refractivity contribution in [2.45, 2.75) is 31.2 Å². The lowest BCUT2D eigenvalue weighted by Gasteiger charge is -2.13. The molecule has 0 spiro atoms. The smallest absolute Gasteiger partial charge is 0.410 e. The van der Waals surface area contributed by atoms with E-state index >= 15 is 0 Å². The molecule has 116 valence electrons. The van der Waals surface area contributed by atoms with Gasteiger partial charge < -0.3 is 15.8 Å². The zero-order valence-corrected chi connectivity index (χ0v) is 14.4. The molecule has 1 aromatic rings. The van der Waals surface area contributed by atoms with E-state index in [4.69, 9.17) is 10.5 Å². The van der Waals surface area contributed by atoms with Gasteiger partial charge >= 0.3 is 6.09 Å². The van der Waals surface area contributed by atoms with Crippen molar-refractivity contribution < 1.29 is 14.3 Å². The van der Waals surface area contributed by atoms with Gasteiger partial charge in [-0.15, -0.1) is 18.5 Å². The topological polar surface area (TPSA) is 81.4 Å². The first-order valence-electron chi connectivity index (χ1n) is 6.79. The van der Waals surface area contributed by atoms with Crippen LogP contribution in [0.1, 0.15) is 18.9 Å². The minimum Gasteiger partial charge on any atom is -0.410 e. The number of ketones is 1. The summed E-state index contributed by atoms with van der Waals surface area (Å²) in [5, 5.41) is 2.32. The summed E-state index contributed by atoms with van der Waals surface area (Å²) >= 11 is 0. The molecule has 0 saturated carbocycles. The van der Waals surface area contributed by atoms with Crippen molar-refractivity contribution in [2.75, 3.05) is 6.54 Å². The third kappa shape index (κ3) is 6.52. The fourth-order valence-electron chi connectivity index (χ4n) is 1.66. The normalized spacial score (nSPS) is 12.0. The Morgan fingerprint density at radius 3 is 2.43 bits per heavy atom. The number of benzene rings is 1. The highest BCUT2D eigenvalue weighted by Crippen LogP contribution is 2.13. The lowest BCUT2D eigenvalue weighted by molar-refractivity contribution is -0.118. The number of rotatable bonds is 7. The number of carbonyl (C=O) groups is 2. The maximum atomic E-state index is 11.6. The molecule has 3 N–H and O–H groups in total. The molecule has 0 heterocycles. The Kier molecular flexibility index (Phi) is 7.81. The summed E-state index contributed by atoms with van der Waals surface area (Å²) in [5.41, 5.74) is 6.90. The molecule has 0 fully saturated rings. The van der Waals surface area contributed by atoms with Gasteiger partial charge in [-0.1, -0.05) is 19.1 Å². The van der Waals surface area contributed by atoms with E-state index in [1.807, 2.05) is 12.1 Å². The number of nitrogens with two attached hydrogens (primary N) is 1. The number of carbonyl (C=O) groups excluding carboxylic acids is 2. The van der Waals surface area contributed by atoms with Crippen LogP contribution in [0.2, 0.25) is 0 Å². The molecular formula is C14H22N2O3P2. The monoisotopic (exact) mass is 328 g/mol. The quantitative estimate of drug-likeness (QED) is 0.747. The van der Waals surface area contributed by atoms with Crippen LogP contribution >= 0.6 is 18.5 Å². The Hall–Kier alpha value is -1.02. The molecule has 5 nitrogen and oxygen atoms in total. The van der Waals surface area contributed by atoms with Gasteiger partial charge in [0.15, 0.2) is 5.78 Å². The molecule has 3 atom stereocenters. The van der Waals surface area contributed by atoms with E-state index in [1.54, 1.807) is 12.1 Å². The second-order valence-corrected chi connectivity index (χ2v) is 6.84. The molecule has 1 rings (SSSR count). The lowest BCUT2D eigenvalue weighted by atomic mass is 10.1. The molecule has 3 unspecified atom stereocenters. The Bertz CT molecular complexity index is 478. The SMILES string of the molecule is CCc1ccc(OC(=O)NCCC(N)C(=O)C(P)P)cc1. The summed E-state index contributed by atoms with van der Waals surface area (Å²) in [7, 11) is 4.76. The Morgan fingerprint density at radius 2 is 1.90 bits per heavy atom. The average Bonchev–Trinajstić information content (AvgIpc) is 2.46. The largest absolute Gasteiger partial charge is 0.412 e. The Balaban J connectivity index is 2.32. The molecular weight excluding hydrogens is 306 g/mol. The van der Waals surface area contributed by atoms with Crippen molar-refractivity contribution in [3.8, 4) is 5.75 Å². The van der Waals surface area contributed by atoms with Gasteiger partial charge in [0, 0.05) is 11.9 Å². The summed E-state index contributed by atoms with van der Waals surface area (Å²) < 4.78 is 5.12. The number of amides is 1. The minimum absolute atomic E-state index is 0.0738. The fraction of sp³-hybridized carbons (Fsp3) is 0.429. The van der Waals surface area contributed by atoms with Crippen LogP contribution in [0.5, 0.6) is 5.75 Å². The third-order valence-electron chi connectivity index (χ3n) is 2.96. The van der Waals surface area contributed by atoms with Gasteiger partial charge in [-0.3, -0.25) is 4.79 Å². The van der Waals surface area contributed by atoms with Gasteiger partial charge in [0.25, 0.3) is 0 Å². The Labute approximate surface area is 129 Å². The summed E-state index contributed by atoms with van der Waals surface area (Å²) in [5.74, 6) is 0.412. The van der Waals surface area contributed by atoms with Crippen molar-refractivity contribution in [3.63, 3.8) is 0 Å². The maximum absolute atomic E-state index is 11.6. The van der Waals surface area contributed by atoms with E-state index in [0.29, 0.717) is 18.7 Å². The van der Waals surface area contributed by atoms with Crippen molar-refractivity contribution in [3.05, 3.63) is 29.8 Å². The van der Waals surface area contributed by atoms with Gasteiger partial charge in [-0.2, -0.15) is 0 Å². The molecule has 0 aliphatic heterocycles. The highest BCUT2D eigenvalue weighted by atomic mass is 31.1. The number of Topliss-reactive ketones (excluding diaryl/α,β-unsaturated/α-hetero) is 1. The molecule has 1 aromatic carbocycles. The predicted molar refractivity (Wildman–Crippen MR) is 90.7 cm³/mol. The van der Waals surface area contributed by atoms with Gasteiger partial charge in [-0.25, -0.2) is 4.79 Å². The van der Waals surface area contributed by atoms with Crippen molar-refractivity contribution in [1.82, 2.24) is 5.32 Å². The average molecular weight is 328 g/mol. The van der Waals surface area contributed by atoms with E-state index in [9.17, 15) is 9.59 Å². The van der Waals surface area contributed by atoms with Crippen molar-refractivity contribution >= 4 is 30.4 Å². The standard InChI is InChI=1S/C14H22N2O3P2/c1-2-9-3-5-10(6-4-9)19-14(18)16-8-7-11(15)12(17)13(20)21/h3-6,11,13H,2,7-8,15,20-21H2,1H3,(H,16,18). The van der Waals surface area contributed by atoms with Crippen LogP contribution in [0, 0.1) is 0 Å². The molecule has 0 saturated heterocycles. The summed E-state index contributed by atoms with van der Waals surface area (Å²) in [6, 6.07) is 6.74. The molecule has 0 aromatic heterocycles. The maximum Gasteiger partial charge on any atom is 0.412 e. The van der Waals surface area contributed by atoms with Crippen molar-refractivity contribution in [1.29, 1.82) is 0 Å². The van der Waals surface area contributed by atoms with E-state index in [-0.39, 0.29) is 11.2 Å². The van der Waals surface area contributed by atoms with Gasteiger partial charge in [-0.05, 0) is 30.5 Å². The highest BCUT2D eigenvalue weighted by molar-refractivity contribution is 7.40. The zero-order valence-electron chi connectivity index (χ0n) is 12.0. The molecule has 0 aliphatic rings. The number of hydrogen-bond acceptors (Lipinski definition) is 4. The zero-order chi connectivity index (χ0) is 15.8. The van der Waals surface area contributed by atoms with Crippen LogP contribution in [0.15, 0.2) is 24.3 Å². The van der Waals surface area contributed by atoms with Gasteiger partial charge in [0.1, 0.15) is 5.75 Å². The second kappa shape index (κ2) is 9.09. The lowest BCUT2D eigenvalue weighted by Crippen LogP contribution is -2.38.